The van der Waals surface area contributed by atoms with Crippen LogP contribution in [0.25, 0.3) is 0 Å². The standard InChI is InChI=1S/C16H25N5O3/c1-3-7-17-14-10-13(18-11-19-14)15(22)20-12-5-8-21(9-6-12)16(23)24-4-2/h10-12H,3-9H2,1-2H3,(H,20,22)(H,17,18,19). The van der Waals surface area contributed by atoms with Gasteiger partial charge in [0.25, 0.3) is 5.91 Å². The van der Waals surface area contributed by atoms with E-state index in [9.17, 15) is 9.59 Å². The van der Waals surface area contributed by atoms with Gasteiger partial charge >= 0.3 is 6.09 Å². The Kier molecular flexibility index (Phi) is 6.77. The lowest BCUT2D eigenvalue weighted by atomic mass is 10.1. The molecule has 0 atom stereocenters. The second-order valence-electron chi connectivity index (χ2n) is 5.65. The first kappa shape index (κ1) is 18.0. The van der Waals surface area contributed by atoms with Gasteiger partial charge in [0.1, 0.15) is 17.8 Å². The van der Waals surface area contributed by atoms with Gasteiger partial charge in [-0.05, 0) is 26.2 Å². The molecule has 8 nitrogen and oxygen atoms in total. The summed E-state index contributed by atoms with van der Waals surface area (Å²) in [6, 6.07) is 1.68. The molecule has 1 aromatic heterocycles. The molecular formula is C16H25N5O3. The molecule has 2 rings (SSSR count). The Labute approximate surface area is 142 Å². The minimum Gasteiger partial charge on any atom is -0.450 e. The van der Waals surface area contributed by atoms with E-state index in [0.29, 0.717) is 44.0 Å². The Bertz CT molecular complexity index is 558. The molecule has 0 unspecified atom stereocenters. The second-order valence-corrected chi connectivity index (χ2v) is 5.65. The summed E-state index contributed by atoms with van der Waals surface area (Å²) in [5.41, 5.74) is 0.344. The zero-order valence-electron chi connectivity index (χ0n) is 14.2. The third-order valence-electron chi connectivity index (χ3n) is 3.81. The number of nitrogens with one attached hydrogen (secondary N) is 2. The van der Waals surface area contributed by atoms with Gasteiger partial charge in [-0.2, -0.15) is 0 Å². The van der Waals surface area contributed by atoms with Crippen molar-refractivity contribution in [2.75, 3.05) is 31.6 Å². The van der Waals surface area contributed by atoms with Gasteiger partial charge in [0, 0.05) is 31.7 Å². The number of ether oxygens (including phenoxy) is 1. The van der Waals surface area contributed by atoms with E-state index >= 15 is 0 Å². The van der Waals surface area contributed by atoms with Crippen LogP contribution in [0.2, 0.25) is 0 Å². The molecule has 0 aromatic carbocycles. The molecule has 1 aliphatic rings. The maximum Gasteiger partial charge on any atom is 0.409 e. The Hall–Kier alpha value is -2.38. The number of likely N-dealkylation sites (tertiary alicyclic amines) is 1. The Morgan fingerprint density at radius 3 is 2.71 bits per heavy atom. The van der Waals surface area contributed by atoms with Crippen molar-refractivity contribution in [2.45, 2.75) is 39.2 Å². The van der Waals surface area contributed by atoms with Gasteiger partial charge in [-0.1, -0.05) is 6.92 Å². The van der Waals surface area contributed by atoms with Gasteiger partial charge in [0.05, 0.1) is 6.61 Å². The first-order valence-corrected chi connectivity index (χ1v) is 8.42. The molecule has 0 radical (unpaired) electrons. The van der Waals surface area contributed by atoms with E-state index < -0.39 is 0 Å². The summed E-state index contributed by atoms with van der Waals surface area (Å²) in [5, 5.41) is 6.11. The molecule has 0 aliphatic carbocycles. The summed E-state index contributed by atoms with van der Waals surface area (Å²) in [7, 11) is 0. The van der Waals surface area contributed by atoms with Crippen molar-refractivity contribution in [3.63, 3.8) is 0 Å². The molecule has 2 N–H and O–H groups in total. The number of carbonyl (C=O) groups is 2. The first-order valence-electron chi connectivity index (χ1n) is 8.42. The van der Waals surface area contributed by atoms with Crippen LogP contribution in [0, 0.1) is 0 Å². The van der Waals surface area contributed by atoms with Crippen LogP contribution in [0.4, 0.5) is 10.6 Å². The zero-order chi connectivity index (χ0) is 17.4. The van der Waals surface area contributed by atoms with E-state index in [0.717, 1.165) is 13.0 Å². The van der Waals surface area contributed by atoms with Crippen molar-refractivity contribution in [2.24, 2.45) is 0 Å². The average molecular weight is 335 g/mol. The molecule has 1 saturated heterocycles. The molecule has 0 bridgehead atoms. The molecular weight excluding hydrogens is 310 g/mol. The summed E-state index contributed by atoms with van der Waals surface area (Å²) >= 11 is 0. The van der Waals surface area contributed by atoms with Gasteiger partial charge < -0.3 is 20.3 Å². The van der Waals surface area contributed by atoms with Gasteiger partial charge in [0.15, 0.2) is 0 Å². The molecule has 0 spiro atoms. The Morgan fingerprint density at radius 2 is 2.04 bits per heavy atom. The van der Waals surface area contributed by atoms with Gasteiger partial charge in [0.2, 0.25) is 0 Å². The summed E-state index contributed by atoms with van der Waals surface area (Å²) in [5.74, 6) is 0.431. The summed E-state index contributed by atoms with van der Waals surface area (Å²) in [4.78, 5) is 33.8. The van der Waals surface area contributed by atoms with E-state index in [4.69, 9.17) is 4.74 Å². The number of carbonyl (C=O) groups excluding carboxylic acids is 2. The second kappa shape index (κ2) is 9.05. The maximum absolute atomic E-state index is 12.3. The van der Waals surface area contributed by atoms with Gasteiger partial charge in [-0.3, -0.25) is 4.79 Å². The molecule has 2 heterocycles. The van der Waals surface area contributed by atoms with E-state index in [-0.39, 0.29) is 18.0 Å². The maximum atomic E-state index is 12.3. The number of aromatic nitrogens is 2. The minimum absolute atomic E-state index is 0.0326. The monoisotopic (exact) mass is 335 g/mol. The highest BCUT2D eigenvalue weighted by Crippen LogP contribution is 2.12. The van der Waals surface area contributed by atoms with E-state index in [2.05, 4.69) is 27.5 Å². The lowest BCUT2D eigenvalue weighted by molar-refractivity contribution is 0.0856. The quantitative estimate of drug-likeness (QED) is 0.820. The third-order valence-corrected chi connectivity index (χ3v) is 3.81. The Balaban J connectivity index is 1.84. The fourth-order valence-corrected chi connectivity index (χ4v) is 2.51. The number of piperidine rings is 1. The molecule has 1 aromatic rings. The largest absolute Gasteiger partial charge is 0.450 e. The van der Waals surface area contributed by atoms with Gasteiger partial charge in [-0.25, -0.2) is 14.8 Å². The number of amides is 2. The smallest absolute Gasteiger partial charge is 0.409 e. The third kappa shape index (κ3) is 5.07. The summed E-state index contributed by atoms with van der Waals surface area (Å²) in [6.45, 7) is 6.18. The van der Waals surface area contributed by atoms with E-state index in [1.54, 1.807) is 17.9 Å². The van der Waals surface area contributed by atoms with Crippen LogP contribution in [0.5, 0.6) is 0 Å². The highest BCUT2D eigenvalue weighted by atomic mass is 16.6. The summed E-state index contributed by atoms with van der Waals surface area (Å²) < 4.78 is 4.99. The first-order chi connectivity index (χ1) is 11.6. The van der Waals surface area contributed by atoms with E-state index in [1.807, 2.05) is 0 Å². The fraction of sp³-hybridized carbons (Fsp3) is 0.625. The van der Waals surface area contributed by atoms with Crippen LogP contribution in [0.1, 0.15) is 43.6 Å². The highest BCUT2D eigenvalue weighted by Gasteiger charge is 2.25. The van der Waals surface area contributed by atoms with Crippen LogP contribution in [0.3, 0.4) is 0 Å². The molecule has 1 fully saturated rings. The topological polar surface area (TPSA) is 96.5 Å². The van der Waals surface area contributed by atoms with Crippen molar-refractivity contribution < 1.29 is 14.3 Å². The minimum atomic E-state index is -0.287. The number of hydrogen-bond donors (Lipinski definition) is 2. The van der Waals surface area contributed by atoms with E-state index in [1.165, 1.54) is 6.33 Å². The van der Waals surface area contributed by atoms with Crippen LogP contribution >= 0.6 is 0 Å². The van der Waals surface area contributed by atoms with Crippen molar-refractivity contribution in [1.29, 1.82) is 0 Å². The molecule has 132 valence electrons. The van der Waals surface area contributed by atoms with Crippen molar-refractivity contribution in [3.8, 4) is 0 Å². The Morgan fingerprint density at radius 1 is 1.29 bits per heavy atom. The molecule has 8 heteroatoms. The lowest BCUT2D eigenvalue weighted by Crippen LogP contribution is -2.46. The van der Waals surface area contributed by atoms with Gasteiger partial charge in [-0.15, -0.1) is 0 Å². The average Bonchev–Trinajstić information content (AvgIpc) is 2.61. The predicted octanol–water partition coefficient (Wildman–Crippen LogP) is 1.65. The molecule has 1 aliphatic heterocycles. The van der Waals surface area contributed by atoms with Crippen molar-refractivity contribution in [3.05, 3.63) is 18.1 Å². The van der Waals surface area contributed by atoms with Crippen LogP contribution < -0.4 is 10.6 Å². The number of hydrogen-bond acceptors (Lipinski definition) is 6. The predicted molar refractivity (Wildman–Crippen MR) is 89.9 cm³/mol. The zero-order valence-corrected chi connectivity index (χ0v) is 14.2. The summed E-state index contributed by atoms with van der Waals surface area (Å²) in [6.07, 6.45) is 3.48. The van der Waals surface area contributed by atoms with Crippen LogP contribution in [0.15, 0.2) is 12.4 Å². The van der Waals surface area contributed by atoms with Crippen LogP contribution in [-0.4, -0.2) is 59.2 Å². The van der Waals surface area contributed by atoms with Crippen LogP contribution in [-0.2, 0) is 4.74 Å². The number of anilines is 1. The molecule has 24 heavy (non-hydrogen) atoms. The van der Waals surface area contributed by atoms with Crippen molar-refractivity contribution >= 4 is 17.8 Å². The number of nitrogens with zero attached hydrogens (tertiary/aromatic N) is 3. The fourth-order valence-electron chi connectivity index (χ4n) is 2.51. The normalized spacial score (nSPS) is 15.0. The van der Waals surface area contributed by atoms with Crippen molar-refractivity contribution in [1.82, 2.24) is 20.2 Å². The highest BCUT2D eigenvalue weighted by molar-refractivity contribution is 5.93. The molecule has 0 saturated carbocycles. The molecule has 2 amide bonds. The number of rotatable bonds is 6. The SMILES string of the molecule is CCCNc1cc(C(=O)NC2CCN(C(=O)OCC)CC2)ncn1. The lowest BCUT2D eigenvalue weighted by Gasteiger charge is -2.31.